The van der Waals surface area contributed by atoms with E-state index in [1.807, 2.05) is 0 Å². The molecule has 1 unspecified atom stereocenters. The van der Waals surface area contributed by atoms with E-state index in [2.05, 4.69) is 0 Å². The topological polar surface area (TPSA) is 9.23 Å². The van der Waals surface area contributed by atoms with Gasteiger partial charge in [0.1, 0.15) is 0 Å². The first kappa shape index (κ1) is 9.84. The Bertz CT molecular complexity index is 162. The molecule has 4 heteroatoms. The minimum absolute atomic E-state index is 0.118. The molecule has 1 aliphatic rings. The van der Waals surface area contributed by atoms with Crippen LogP contribution in [-0.4, -0.2) is 18.4 Å². The third-order valence-corrected chi connectivity index (χ3v) is 2.36. The van der Waals surface area contributed by atoms with Crippen molar-refractivity contribution in [1.82, 2.24) is 0 Å². The number of ether oxygens (including phenoxy) is 1. The van der Waals surface area contributed by atoms with E-state index in [0.29, 0.717) is 12.8 Å². The zero-order chi connectivity index (χ0) is 9.41. The first-order valence-electron chi connectivity index (χ1n) is 4.12. The van der Waals surface area contributed by atoms with Gasteiger partial charge in [-0.3, -0.25) is 0 Å². The summed E-state index contributed by atoms with van der Waals surface area (Å²) in [5.41, 5.74) is -1.90. The second-order valence-corrected chi connectivity index (χ2v) is 3.31. The minimum Gasteiger partial charge on any atom is -0.366 e. The largest absolute Gasteiger partial charge is 0.417 e. The van der Waals surface area contributed by atoms with Crippen molar-refractivity contribution >= 4 is 0 Å². The Kier molecular flexibility index (Phi) is 2.38. The molecule has 0 aromatic carbocycles. The van der Waals surface area contributed by atoms with E-state index in [-0.39, 0.29) is 12.5 Å². The molecule has 0 radical (unpaired) electrons. The fourth-order valence-corrected chi connectivity index (χ4v) is 1.37. The highest BCUT2D eigenvalue weighted by Crippen LogP contribution is 2.50. The standard InChI is InChI=1S/C8H13F3O/c1-3-12-7(2,6-4-5-6)8(9,10)11/h6H,3-5H2,1-2H3. The van der Waals surface area contributed by atoms with Crippen LogP contribution in [0.5, 0.6) is 0 Å². The normalized spacial score (nSPS) is 23.8. The Labute approximate surface area is 69.9 Å². The SMILES string of the molecule is CCOC(C)(C1CC1)C(F)(F)F. The van der Waals surface area contributed by atoms with Crippen molar-refractivity contribution in [1.29, 1.82) is 0 Å². The van der Waals surface area contributed by atoms with Gasteiger partial charge in [0.15, 0.2) is 5.60 Å². The lowest BCUT2D eigenvalue weighted by atomic mass is 10.00. The molecule has 1 rings (SSSR count). The Morgan fingerprint density at radius 2 is 1.83 bits per heavy atom. The maximum atomic E-state index is 12.5. The minimum atomic E-state index is -4.23. The van der Waals surface area contributed by atoms with Gasteiger partial charge in [0.25, 0.3) is 0 Å². The number of alkyl halides is 3. The van der Waals surface area contributed by atoms with Crippen LogP contribution >= 0.6 is 0 Å². The average Bonchev–Trinajstić information content (AvgIpc) is 2.65. The number of halogens is 3. The van der Waals surface area contributed by atoms with Crippen molar-refractivity contribution in [2.75, 3.05) is 6.61 Å². The maximum Gasteiger partial charge on any atom is 0.417 e. The van der Waals surface area contributed by atoms with Crippen LogP contribution < -0.4 is 0 Å². The van der Waals surface area contributed by atoms with Crippen LogP contribution in [0, 0.1) is 5.92 Å². The summed E-state index contributed by atoms with van der Waals surface area (Å²) in [5.74, 6) is -0.322. The molecule has 0 bridgehead atoms. The van der Waals surface area contributed by atoms with E-state index in [1.54, 1.807) is 6.92 Å². The summed E-state index contributed by atoms with van der Waals surface area (Å²) in [5, 5.41) is 0. The quantitative estimate of drug-likeness (QED) is 0.652. The molecule has 72 valence electrons. The molecular weight excluding hydrogens is 169 g/mol. The van der Waals surface area contributed by atoms with E-state index < -0.39 is 11.8 Å². The summed E-state index contributed by atoms with van der Waals surface area (Å²) in [7, 11) is 0. The van der Waals surface area contributed by atoms with E-state index >= 15 is 0 Å². The average molecular weight is 182 g/mol. The summed E-state index contributed by atoms with van der Waals surface area (Å²) < 4.78 is 42.2. The van der Waals surface area contributed by atoms with Crippen LogP contribution in [0.15, 0.2) is 0 Å². The molecular formula is C8H13F3O. The third kappa shape index (κ3) is 1.58. The van der Waals surface area contributed by atoms with Crippen molar-refractivity contribution in [3.63, 3.8) is 0 Å². The van der Waals surface area contributed by atoms with Gasteiger partial charge in [-0.25, -0.2) is 0 Å². The fraction of sp³-hybridized carbons (Fsp3) is 1.00. The summed E-state index contributed by atoms with van der Waals surface area (Å²) in [6.45, 7) is 2.85. The Morgan fingerprint density at radius 3 is 2.08 bits per heavy atom. The zero-order valence-electron chi connectivity index (χ0n) is 7.24. The van der Waals surface area contributed by atoms with Crippen molar-refractivity contribution < 1.29 is 17.9 Å². The molecule has 0 amide bonds. The second kappa shape index (κ2) is 2.91. The van der Waals surface area contributed by atoms with Crippen LogP contribution in [0.2, 0.25) is 0 Å². The van der Waals surface area contributed by atoms with Gasteiger partial charge in [0, 0.05) is 6.61 Å². The maximum absolute atomic E-state index is 12.5. The molecule has 1 fully saturated rings. The van der Waals surface area contributed by atoms with E-state index in [9.17, 15) is 13.2 Å². The molecule has 12 heavy (non-hydrogen) atoms. The van der Waals surface area contributed by atoms with Gasteiger partial charge < -0.3 is 4.74 Å². The molecule has 0 N–H and O–H groups in total. The fourth-order valence-electron chi connectivity index (χ4n) is 1.37. The lowest BCUT2D eigenvalue weighted by molar-refractivity contribution is -0.277. The van der Waals surface area contributed by atoms with Crippen molar-refractivity contribution in [2.24, 2.45) is 5.92 Å². The molecule has 0 spiro atoms. The molecule has 0 saturated heterocycles. The molecule has 0 aromatic heterocycles. The highest BCUT2D eigenvalue weighted by atomic mass is 19.4. The Morgan fingerprint density at radius 1 is 1.33 bits per heavy atom. The predicted octanol–water partition coefficient (Wildman–Crippen LogP) is 2.75. The number of hydrogen-bond donors (Lipinski definition) is 0. The van der Waals surface area contributed by atoms with Gasteiger partial charge in [0.05, 0.1) is 0 Å². The highest BCUT2D eigenvalue weighted by Gasteiger charge is 2.60. The van der Waals surface area contributed by atoms with Gasteiger partial charge in [0.2, 0.25) is 0 Å². The third-order valence-electron chi connectivity index (χ3n) is 2.36. The number of hydrogen-bond acceptors (Lipinski definition) is 1. The van der Waals surface area contributed by atoms with Gasteiger partial charge in [-0.05, 0) is 32.6 Å². The summed E-state index contributed by atoms with van der Waals surface area (Å²) in [6.07, 6.45) is -2.96. The lowest BCUT2D eigenvalue weighted by Crippen LogP contribution is -2.46. The first-order chi connectivity index (χ1) is 5.42. The summed E-state index contributed by atoms with van der Waals surface area (Å²) in [6, 6.07) is 0. The van der Waals surface area contributed by atoms with Gasteiger partial charge >= 0.3 is 6.18 Å². The van der Waals surface area contributed by atoms with Gasteiger partial charge in [-0.2, -0.15) is 13.2 Å². The lowest BCUT2D eigenvalue weighted by Gasteiger charge is -2.31. The summed E-state index contributed by atoms with van der Waals surface area (Å²) in [4.78, 5) is 0. The molecule has 0 aromatic rings. The van der Waals surface area contributed by atoms with Crippen molar-refractivity contribution in [3.05, 3.63) is 0 Å². The van der Waals surface area contributed by atoms with Crippen LogP contribution in [0.3, 0.4) is 0 Å². The van der Waals surface area contributed by atoms with Crippen molar-refractivity contribution in [2.45, 2.75) is 38.5 Å². The van der Waals surface area contributed by atoms with Crippen LogP contribution in [0.25, 0.3) is 0 Å². The Hall–Kier alpha value is -0.250. The molecule has 1 nitrogen and oxygen atoms in total. The summed E-state index contributed by atoms with van der Waals surface area (Å²) >= 11 is 0. The van der Waals surface area contributed by atoms with E-state index in [4.69, 9.17) is 4.74 Å². The zero-order valence-corrected chi connectivity index (χ0v) is 7.24. The van der Waals surface area contributed by atoms with Crippen LogP contribution in [-0.2, 0) is 4.74 Å². The second-order valence-electron chi connectivity index (χ2n) is 3.31. The van der Waals surface area contributed by atoms with Crippen LogP contribution in [0.4, 0.5) is 13.2 Å². The molecule has 0 heterocycles. The molecule has 1 atom stereocenters. The Balaban J connectivity index is 2.70. The van der Waals surface area contributed by atoms with E-state index in [0.717, 1.165) is 6.92 Å². The predicted molar refractivity (Wildman–Crippen MR) is 38.8 cm³/mol. The monoisotopic (exact) mass is 182 g/mol. The first-order valence-corrected chi connectivity index (χ1v) is 4.12. The van der Waals surface area contributed by atoms with Crippen LogP contribution in [0.1, 0.15) is 26.7 Å². The van der Waals surface area contributed by atoms with E-state index in [1.165, 1.54) is 0 Å². The molecule has 0 aliphatic heterocycles. The number of rotatable bonds is 3. The highest BCUT2D eigenvalue weighted by molar-refractivity contribution is 4.98. The van der Waals surface area contributed by atoms with Gasteiger partial charge in [-0.15, -0.1) is 0 Å². The molecule has 1 aliphatic carbocycles. The molecule has 1 saturated carbocycles. The van der Waals surface area contributed by atoms with Crippen molar-refractivity contribution in [3.8, 4) is 0 Å². The van der Waals surface area contributed by atoms with Gasteiger partial charge in [-0.1, -0.05) is 0 Å². The smallest absolute Gasteiger partial charge is 0.366 e.